The molecule has 1 fully saturated rings. The van der Waals surface area contributed by atoms with E-state index in [9.17, 15) is 9.18 Å². The number of fused-ring (bicyclic) bond motifs is 1. The zero-order valence-corrected chi connectivity index (χ0v) is 23.3. The summed E-state index contributed by atoms with van der Waals surface area (Å²) in [5, 5.41) is 3.43. The van der Waals surface area contributed by atoms with Crippen LogP contribution in [0.1, 0.15) is 24.8 Å². The molecule has 0 spiro atoms. The number of nitrogens with one attached hydrogen (secondary N) is 1. The van der Waals surface area contributed by atoms with Crippen molar-refractivity contribution in [1.29, 1.82) is 0 Å². The highest BCUT2D eigenvalue weighted by atomic mass is 19.3. The van der Waals surface area contributed by atoms with E-state index in [0.717, 1.165) is 0 Å². The molecule has 0 bridgehead atoms. The summed E-state index contributed by atoms with van der Waals surface area (Å²) >= 11 is 0. The van der Waals surface area contributed by atoms with Crippen molar-refractivity contribution in [3.63, 3.8) is 0 Å². The number of ether oxygens (including phenoxy) is 3. The van der Waals surface area contributed by atoms with Gasteiger partial charge in [0.1, 0.15) is 29.8 Å². The minimum atomic E-state index is -2.91. The van der Waals surface area contributed by atoms with Gasteiger partial charge < -0.3 is 24.4 Å². The number of benzene rings is 2. The van der Waals surface area contributed by atoms with Crippen molar-refractivity contribution in [3.05, 3.63) is 84.7 Å². The molecule has 42 heavy (non-hydrogen) atoms. The smallest absolute Gasteiger partial charge is 0.268 e. The van der Waals surface area contributed by atoms with Crippen LogP contribution in [-0.4, -0.2) is 66.2 Å². The average Bonchev–Trinajstić information content (AvgIpc) is 3.01. The monoisotopic (exact) mass is 580 g/mol. The van der Waals surface area contributed by atoms with Crippen LogP contribution < -0.4 is 14.8 Å². The number of likely N-dealkylation sites (tertiary alicyclic amines) is 1. The Bertz CT molecular complexity index is 1540. The predicted molar refractivity (Wildman–Crippen MR) is 153 cm³/mol. The molecule has 5 rings (SSSR count). The van der Waals surface area contributed by atoms with Gasteiger partial charge in [-0.1, -0.05) is 24.8 Å². The van der Waals surface area contributed by atoms with Crippen molar-refractivity contribution in [2.75, 3.05) is 32.6 Å². The molecule has 1 aliphatic carbocycles. The van der Waals surface area contributed by atoms with Crippen LogP contribution in [0.15, 0.2) is 73.3 Å². The normalized spacial score (nSPS) is 19.2. The molecule has 1 unspecified atom stereocenters. The number of methoxy groups -OCH3 is 2. The van der Waals surface area contributed by atoms with E-state index < -0.39 is 17.8 Å². The molecule has 0 radical (unpaired) electrons. The Morgan fingerprint density at radius 3 is 2.48 bits per heavy atom. The summed E-state index contributed by atoms with van der Waals surface area (Å²) in [6.45, 7) is 4.59. The molecule has 1 saturated heterocycles. The molecular weight excluding hydrogens is 549 g/mol. The quantitative estimate of drug-likeness (QED) is 0.322. The van der Waals surface area contributed by atoms with Gasteiger partial charge in [0.05, 0.1) is 19.7 Å². The third-order valence-electron chi connectivity index (χ3n) is 7.64. The summed E-state index contributed by atoms with van der Waals surface area (Å²) in [7, 11) is 2.84. The number of hydrogen-bond donors (Lipinski definition) is 1. The summed E-state index contributed by atoms with van der Waals surface area (Å²) in [5.41, 5.74) is -0.321. The maximum absolute atomic E-state index is 15.1. The van der Waals surface area contributed by atoms with Crippen molar-refractivity contribution >= 4 is 28.2 Å². The lowest BCUT2D eigenvalue weighted by molar-refractivity contribution is -0.127. The van der Waals surface area contributed by atoms with Crippen LogP contribution in [0.4, 0.5) is 19.0 Å². The van der Waals surface area contributed by atoms with Gasteiger partial charge in [0.15, 0.2) is 17.0 Å². The van der Waals surface area contributed by atoms with Gasteiger partial charge >= 0.3 is 0 Å². The largest absolute Gasteiger partial charge is 0.498 e. The number of nitrogens with zero attached hydrogens (tertiary/aromatic N) is 3. The van der Waals surface area contributed by atoms with Crippen molar-refractivity contribution in [1.82, 2.24) is 14.9 Å². The number of hydrogen-bond acceptors (Lipinski definition) is 7. The van der Waals surface area contributed by atoms with Crippen LogP contribution in [0.25, 0.3) is 16.5 Å². The molecule has 1 aromatic heterocycles. The van der Waals surface area contributed by atoms with E-state index in [0.29, 0.717) is 59.5 Å². The number of carbonyl (C=O) groups excluding carboxylic acids is 1. The van der Waals surface area contributed by atoms with E-state index in [1.807, 2.05) is 0 Å². The van der Waals surface area contributed by atoms with Crippen LogP contribution >= 0.6 is 0 Å². The van der Waals surface area contributed by atoms with Crippen LogP contribution in [0, 0.1) is 5.82 Å². The fourth-order valence-electron chi connectivity index (χ4n) is 5.36. The number of amides is 1. The fraction of sp³-hybridized carbons (Fsp3) is 0.323. The summed E-state index contributed by atoms with van der Waals surface area (Å²) in [6, 6.07) is 9.02. The molecule has 2 aliphatic rings. The topological polar surface area (TPSA) is 85.8 Å². The zero-order chi connectivity index (χ0) is 29.9. The van der Waals surface area contributed by atoms with E-state index in [-0.39, 0.29) is 30.0 Å². The molecule has 11 heteroatoms. The van der Waals surface area contributed by atoms with Gasteiger partial charge in [-0.2, -0.15) is 0 Å². The molecule has 1 aliphatic heterocycles. The van der Waals surface area contributed by atoms with Crippen LogP contribution in [0.3, 0.4) is 0 Å². The highest BCUT2D eigenvalue weighted by molar-refractivity contribution is 5.92. The number of allylic oxidation sites excluding steroid dienone is 2. The Morgan fingerprint density at radius 2 is 1.83 bits per heavy atom. The lowest BCUT2D eigenvalue weighted by atomic mass is 9.82. The minimum Gasteiger partial charge on any atom is -0.498 e. The Balaban J connectivity index is 1.48. The Labute approximate surface area is 241 Å². The average molecular weight is 581 g/mol. The number of carbonyl (C=O) groups is 1. The van der Waals surface area contributed by atoms with Gasteiger partial charge in [-0.05, 0) is 41.5 Å². The zero-order valence-electron chi connectivity index (χ0n) is 23.3. The number of piperidine rings is 1. The predicted octanol–water partition coefficient (Wildman–Crippen LogP) is 5.77. The molecule has 2 heterocycles. The highest BCUT2D eigenvalue weighted by Crippen LogP contribution is 2.43. The van der Waals surface area contributed by atoms with Crippen molar-refractivity contribution in [3.8, 4) is 11.5 Å². The van der Waals surface area contributed by atoms with E-state index in [1.165, 1.54) is 44.8 Å². The highest BCUT2D eigenvalue weighted by Gasteiger charge is 2.47. The Kier molecular flexibility index (Phi) is 8.37. The fourth-order valence-corrected chi connectivity index (χ4v) is 5.36. The first-order valence-corrected chi connectivity index (χ1v) is 13.5. The second kappa shape index (κ2) is 12.1. The number of aromatic nitrogens is 2. The standard InChI is InChI=1S/C31H31F3N4O4/c1-4-28(39)38-13-11-22(12-14-38)42-26-15-23-24(16-25(26)40-2)35-18-36-29(23)37-31(30(33)34)17-20(7-10-27(31)41-3)19-5-8-21(32)9-6-19/h4-10,15-16,18,22,30H,1,11-14,17H2,2-3H3,(H,35,36,37). The Morgan fingerprint density at radius 1 is 1.10 bits per heavy atom. The van der Waals surface area contributed by atoms with Crippen LogP contribution in [0.5, 0.6) is 11.5 Å². The third kappa shape index (κ3) is 5.63. The molecule has 1 amide bonds. The first-order valence-electron chi connectivity index (χ1n) is 13.5. The third-order valence-corrected chi connectivity index (χ3v) is 7.64. The second-order valence-corrected chi connectivity index (χ2v) is 10.1. The Hall–Kier alpha value is -4.54. The summed E-state index contributed by atoms with van der Waals surface area (Å²) in [5.74, 6) is 0.473. The molecular formula is C31H31F3N4O4. The minimum absolute atomic E-state index is 0.0286. The van der Waals surface area contributed by atoms with Gasteiger partial charge in [0.2, 0.25) is 5.91 Å². The van der Waals surface area contributed by atoms with Gasteiger partial charge in [0, 0.05) is 43.8 Å². The maximum Gasteiger partial charge on any atom is 0.268 e. The van der Waals surface area contributed by atoms with E-state index in [2.05, 4.69) is 21.9 Å². The van der Waals surface area contributed by atoms with Crippen molar-refractivity contribution < 1.29 is 32.2 Å². The molecule has 8 nitrogen and oxygen atoms in total. The number of anilines is 1. The van der Waals surface area contributed by atoms with E-state index >= 15 is 8.78 Å². The lowest BCUT2D eigenvalue weighted by Crippen LogP contribution is -2.49. The van der Waals surface area contributed by atoms with Crippen LogP contribution in [-0.2, 0) is 9.53 Å². The summed E-state index contributed by atoms with van der Waals surface area (Å²) in [6.07, 6.45) is 3.72. The maximum atomic E-state index is 15.1. The van der Waals surface area contributed by atoms with E-state index in [4.69, 9.17) is 14.2 Å². The van der Waals surface area contributed by atoms with Gasteiger partial charge in [-0.15, -0.1) is 0 Å². The number of halogens is 3. The molecule has 0 saturated carbocycles. The molecule has 1 N–H and O–H groups in total. The van der Waals surface area contributed by atoms with Gasteiger partial charge in [-0.3, -0.25) is 4.79 Å². The van der Waals surface area contributed by atoms with E-state index in [1.54, 1.807) is 35.2 Å². The van der Waals surface area contributed by atoms with Crippen molar-refractivity contribution in [2.24, 2.45) is 0 Å². The lowest BCUT2D eigenvalue weighted by Gasteiger charge is -2.38. The summed E-state index contributed by atoms with van der Waals surface area (Å²) < 4.78 is 61.0. The SMILES string of the molecule is C=CC(=O)N1CCC(Oc2cc3c(NC4(C(F)F)CC(c5ccc(F)cc5)=CC=C4OC)ncnc3cc2OC)CC1. The number of alkyl halides is 2. The van der Waals surface area contributed by atoms with Crippen molar-refractivity contribution in [2.45, 2.75) is 37.3 Å². The van der Waals surface area contributed by atoms with Gasteiger partial charge in [0.25, 0.3) is 6.43 Å². The second-order valence-electron chi connectivity index (χ2n) is 10.1. The molecule has 3 aromatic rings. The molecule has 1 atom stereocenters. The molecule has 220 valence electrons. The van der Waals surface area contributed by atoms with Gasteiger partial charge in [-0.25, -0.2) is 23.1 Å². The summed E-state index contributed by atoms with van der Waals surface area (Å²) in [4.78, 5) is 22.3. The first kappa shape index (κ1) is 29.0. The first-order chi connectivity index (χ1) is 20.3. The molecule has 2 aromatic carbocycles. The van der Waals surface area contributed by atoms with Crippen LogP contribution in [0.2, 0.25) is 0 Å². The number of rotatable bonds is 9.